The molecule has 8 nitrogen and oxygen atoms in total. The van der Waals surface area contributed by atoms with Crippen molar-refractivity contribution in [1.29, 1.82) is 0 Å². The van der Waals surface area contributed by atoms with Crippen molar-refractivity contribution in [2.45, 2.75) is 44.3 Å². The van der Waals surface area contributed by atoms with Crippen molar-refractivity contribution < 1.29 is 49.5 Å². The van der Waals surface area contributed by atoms with Gasteiger partial charge in [0.25, 0.3) is 5.76 Å². The van der Waals surface area contributed by atoms with Crippen molar-refractivity contribution in [2.75, 3.05) is 13.2 Å². The molecule has 0 N–H and O–H groups in total. The standard InChI is InChI=1S/C12H15F3O8S/c1-4-19-8-7(6-5-20-11(2,3)22-6)21-10(16)9(8)23-24(17,18)12(13,14)15/h6-7H,4-5H2,1-3H3. The molecule has 1 saturated heterocycles. The molecule has 24 heavy (non-hydrogen) atoms. The normalized spacial score (nSPS) is 27.3. The van der Waals surface area contributed by atoms with E-state index in [4.69, 9.17) is 18.9 Å². The van der Waals surface area contributed by atoms with Crippen LogP contribution in [-0.2, 0) is 38.0 Å². The lowest BCUT2D eigenvalue weighted by atomic mass is 10.2. The zero-order valence-corrected chi connectivity index (χ0v) is 13.7. The molecule has 0 aliphatic carbocycles. The van der Waals surface area contributed by atoms with E-state index >= 15 is 0 Å². The molecule has 0 aromatic heterocycles. The highest BCUT2D eigenvalue weighted by Gasteiger charge is 2.54. The third-order valence-corrected chi connectivity index (χ3v) is 4.00. The number of halogens is 3. The first-order chi connectivity index (χ1) is 10.9. The van der Waals surface area contributed by atoms with E-state index in [0.29, 0.717) is 0 Å². The summed E-state index contributed by atoms with van der Waals surface area (Å²) < 4.78 is 84.2. The second-order valence-electron chi connectivity index (χ2n) is 5.30. The largest absolute Gasteiger partial charge is 0.534 e. The van der Waals surface area contributed by atoms with Gasteiger partial charge in [0, 0.05) is 0 Å². The minimum Gasteiger partial charge on any atom is -0.490 e. The van der Waals surface area contributed by atoms with Crippen LogP contribution in [0.25, 0.3) is 0 Å². The molecule has 138 valence electrons. The van der Waals surface area contributed by atoms with Gasteiger partial charge >= 0.3 is 21.6 Å². The molecule has 0 aromatic rings. The first-order valence-corrected chi connectivity index (χ1v) is 8.19. The van der Waals surface area contributed by atoms with Gasteiger partial charge in [-0.15, -0.1) is 0 Å². The highest BCUT2D eigenvalue weighted by atomic mass is 32.2. The van der Waals surface area contributed by atoms with E-state index in [0.717, 1.165) is 0 Å². The summed E-state index contributed by atoms with van der Waals surface area (Å²) in [6.45, 7) is 4.54. The summed E-state index contributed by atoms with van der Waals surface area (Å²) in [5, 5.41) is 0. The molecule has 12 heteroatoms. The molecule has 0 bridgehead atoms. The molecule has 1 fully saturated rings. The summed E-state index contributed by atoms with van der Waals surface area (Å²) in [6.07, 6.45) is -2.17. The Morgan fingerprint density at radius 2 is 1.96 bits per heavy atom. The Morgan fingerprint density at radius 1 is 1.33 bits per heavy atom. The van der Waals surface area contributed by atoms with E-state index in [2.05, 4.69) is 4.18 Å². The van der Waals surface area contributed by atoms with Gasteiger partial charge in [0.05, 0.1) is 13.2 Å². The SMILES string of the molecule is CCOC1=C(OS(=O)(=O)C(F)(F)F)C(=O)OC1C1COC(C)(C)O1. The quantitative estimate of drug-likeness (QED) is 0.401. The maximum Gasteiger partial charge on any atom is 0.534 e. The first-order valence-electron chi connectivity index (χ1n) is 6.78. The molecule has 2 heterocycles. The van der Waals surface area contributed by atoms with Gasteiger partial charge < -0.3 is 23.1 Å². The first kappa shape index (κ1) is 18.8. The van der Waals surface area contributed by atoms with Crippen molar-refractivity contribution in [2.24, 2.45) is 0 Å². The Labute approximate surface area is 135 Å². The molecular formula is C12H15F3O8S. The van der Waals surface area contributed by atoms with Crippen molar-refractivity contribution in [3.8, 4) is 0 Å². The highest BCUT2D eigenvalue weighted by molar-refractivity contribution is 7.87. The molecule has 0 spiro atoms. The number of esters is 1. The average Bonchev–Trinajstić information content (AvgIpc) is 2.91. The van der Waals surface area contributed by atoms with E-state index in [1.54, 1.807) is 13.8 Å². The smallest absolute Gasteiger partial charge is 0.490 e. The second kappa shape index (κ2) is 6.08. The summed E-state index contributed by atoms with van der Waals surface area (Å²) in [5.74, 6) is -4.06. The van der Waals surface area contributed by atoms with Crippen molar-refractivity contribution in [3.05, 3.63) is 11.5 Å². The molecule has 2 rings (SSSR count). The molecule has 0 saturated carbocycles. The topological polar surface area (TPSA) is 97.4 Å². The van der Waals surface area contributed by atoms with Crippen LogP contribution < -0.4 is 0 Å². The van der Waals surface area contributed by atoms with Crippen LogP contribution in [0.4, 0.5) is 13.2 Å². The Kier molecular flexibility index (Phi) is 4.76. The average molecular weight is 376 g/mol. The summed E-state index contributed by atoms with van der Waals surface area (Å²) in [4.78, 5) is 11.8. The fraction of sp³-hybridized carbons (Fsp3) is 0.750. The van der Waals surface area contributed by atoms with Crippen LogP contribution in [0.3, 0.4) is 0 Å². The summed E-state index contributed by atoms with van der Waals surface area (Å²) in [7, 11) is -6.05. The molecule has 0 amide bonds. The van der Waals surface area contributed by atoms with Crippen LogP contribution in [0.1, 0.15) is 20.8 Å². The third kappa shape index (κ3) is 3.59. The number of rotatable bonds is 5. The van der Waals surface area contributed by atoms with Crippen LogP contribution in [0.15, 0.2) is 11.5 Å². The van der Waals surface area contributed by atoms with Gasteiger partial charge in [-0.2, -0.15) is 21.6 Å². The lowest BCUT2D eigenvalue weighted by Gasteiger charge is -2.21. The number of carbonyl (C=O) groups is 1. The number of cyclic esters (lactones) is 1. The van der Waals surface area contributed by atoms with Gasteiger partial charge in [-0.1, -0.05) is 0 Å². The Hall–Kier alpha value is -1.53. The van der Waals surface area contributed by atoms with Crippen molar-refractivity contribution in [1.82, 2.24) is 0 Å². The lowest BCUT2D eigenvalue weighted by Crippen LogP contribution is -2.33. The lowest BCUT2D eigenvalue weighted by molar-refractivity contribution is -0.163. The van der Waals surface area contributed by atoms with Crippen LogP contribution in [0.2, 0.25) is 0 Å². The monoisotopic (exact) mass is 376 g/mol. The van der Waals surface area contributed by atoms with Crippen LogP contribution in [0.5, 0.6) is 0 Å². The van der Waals surface area contributed by atoms with Crippen LogP contribution in [0, 0.1) is 0 Å². The van der Waals surface area contributed by atoms with E-state index in [1.807, 2.05) is 0 Å². The Morgan fingerprint density at radius 3 is 2.42 bits per heavy atom. The second-order valence-corrected chi connectivity index (χ2v) is 6.84. The number of hydrogen-bond donors (Lipinski definition) is 0. The van der Waals surface area contributed by atoms with E-state index in [9.17, 15) is 26.4 Å². The van der Waals surface area contributed by atoms with E-state index in [-0.39, 0.29) is 13.2 Å². The summed E-state index contributed by atoms with van der Waals surface area (Å²) in [6, 6.07) is 0. The summed E-state index contributed by atoms with van der Waals surface area (Å²) >= 11 is 0. The molecule has 2 aliphatic heterocycles. The number of ether oxygens (including phenoxy) is 4. The zero-order chi connectivity index (χ0) is 18.3. The predicted octanol–water partition coefficient (Wildman–Crippen LogP) is 1.18. The molecule has 0 radical (unpaired) electrons. The van der Waals surface area contributed by atoms with Crippen LogP contribution in [-0.4, -0.2) is 51.1 Å². The van der Waals surface area contributed by atoms with Gasteiger partial charge in [0.2, 0.25) is 0 Å². The highest BCUT2D eigenvalue weighted by Crippen LogP contribution is 2.36. The zero-order valence-electron chi connectivity index (χ0n) is 12.9. The Balaban J connectivity index is 2.34. The number of carbonyl (C=O) groups excluding carboxylic acids is 1. The van der Waals surface area contributed by atoms with Crippen molar-refractivity contribution >= 4 is 16.1 Å². The van der Waals surface area contributed by atoms with Gasteiger partial charge in [-0.05, 0) is 20.8 Å². The fourth-order valence-electron chi connectivity index (χ4n) is 2.10. The number of alkyl halides is 3. The van der Waals surface area contributed by atoms with Gasteiger partial charge in [0.1, 0.15) is 6.10 Å². The maximum absolute atomic E-state index is 12.5. The van der Waals surface area contributed by atoms with Gasteiger partial charge in [-0.3, -0.25) is 0 Å². The van der Waals surface area contributed by atoms with E-state index < -0.39 is 51.1 Å². The molecular weight excluding hydrogens is 361 g/mol. The number of hydrogen-bond acceptors (Lipinski definition) is 8. The van der Waals surface area contributed by atoms with Crippen LogP contribution >= 0.6 is 0 Å². The maximum atomic E-state index is 12.5. The molecule has 2 atom stereocenters. The van der Waals surface area contributed by atoms with E-state index in [1.165, 1.54) is 6.92 Å². The third-order valence-electron chi connectivity index (χ3n) is 3.05. The molecule has 0 aromatic carbocycles. The Bertz CT molecular complexity index is 652. The predicted molar refractivity (Wildman–Crippen MR) is 69.5 cm³/mol. The van der Waals surface area contributed by atoms with Gasteiger partial charge in [0.15, 0.2) is 17.7 Å². The summed E-state index contributed by atoms with van der Waals surface area (Å²) in [5.41, 5.74) is -5.70. The fourth-order valence-corrected chi connectivity index (χ4v) is 2.56. The molecule has 2 unspecified atom stereocenters. The minimum atomic E-state index is -6.05. The minimum absolute atomic E-state index is 0.0409. The van der Waals surface area contributed by atoms with Crippen molar-refractivity contribution in [3.63, 3.8) is 0 Å². The molecule has 2 aliphatic rings. The van der Waals surface area contributed by atoms with Gasteiger partial charge in [-0.25, -0.2) is 4.79 Å².